The van der Waals surface area contributed by atoms with E-state index in [4.69, 9.17) is 5.73 Å². The maximum atomic E-state index is 14.3. The van der Waals surface area contributed by atoms with Gasteiger partial charge in [0.1, 0.15) is 11.6 Å². The average Bonchev–Trinajstić information content (AvgIpc) is 2.79. The summed E-state index contributed by atoms with van der Waals surface area (Å²) in [6.07, 6.45) is 5.64. The maximum absolute atomic E-state index is 14.3. The molecule has 94 valence electrons. The van der Waals surface area contributed by atoms with Gasteiger partial charge in [-0.25, -0.2) is 8.78 Å². The van der Waals surface area contributed by atoms with Crippen molar-refractivity contribution in [1.82, 2.24) is 0 Å². The second kappa shape index (κ2) is 4.94. The molecule has 1 fully saturated rings. The first-order chi connectivity index (χ1) is 8.14. The lowest BCUT2D eigenvalue weighted by atomic mass is 9.78. The van der Waals surface area contributed by atoms with Crippen LogP contribution >= 0.6 is 11.8 Å². The summed E-state index contributed by atoms with van der Waals surface area (Å²) in [5, 5.41) is 0. The lowest BCUT2D eigenvalue weighted by Crippen LogP contribution is -2.33. The van der Waals surface area contributed by atoms with Crippen molar-refractivity contribution in [1.29, 1.82) is 0 Å². The molecule has 0 spiro atoms. The molecule has 1 aromatic rings. The van der Waals surface area contributed by atoms with Crippen LogP contribution in [0.15, 0.2) is 17.0 Å². The monoisotopic (exact) mass is 257 g/mol. The van der Waals surface area contributed by atoms with Crippen molar-refractivity contribution in [3.8, 4) is 0 Å². The third-order valence-electron chi connectivity index (χ3n) is 3.78. The molecule has 1 aliphatic carbocycles. The fraction of sp³-hybridized carbons (Fsp3) is 0.538. The Morgan fingerprint density at radius 1 is 1.29 bits per heavy atom. The van der Waals surface area contributed by atoms with Crippen LogP contribution in [0.2, 0.25) is 0 Å². The number of hydrogen-bond acceptors (Lipinski definition) is 2. The zero-order chi connectivity index (χ0) is 12.5. The minimum absolute atomic E-state index is 0.113. The average molecular weight is 257 g/mol. The molecule has 1 nitrogen and oxygen atoms in total. The molecule has 1 saturated carbocycles. The van der Waals surface area contributed by atoms with Gasteiger partial charge < -0.3 is 5.73 Å². The summed E-state index contributed by atoms with van der Waals surface area (Å²) in [6, 6.07) is 2.93. The Kier molecular flexibility index (Phi) is 3.73. The highest BCUT2D eigenvalue weighted by molar-refractivity contribution is 7.98. The summed E-state index contributed by atoms with van der Waals surface area (Å²) in [6.45, 7) is 0.434. The summed E-state index contributed by atoms with van der Waals surface area (Å²) in [5.74, 6) is -0.895. The molecular weight excluding hydrogens is 240 g/mol. The molecule has 0 atom stereocenters. The lowest BCUT2D eigenvalue weighted by Gasteiger charge is -2.28. The van der Waals surface area contributed by atoms with Crippen LogP contribution in [0.1, 0.15) is 31.2 Å². The Morgan fingerprint density at radius 2 is 1.94 bits per heavy atom. The van der Waals surface area contributed by atoms with Crippen LogP contribution < -0.4 is 5.73 Å². The molecule has 17 heavy (non-hydrogen) atoms. The Hall–Kier alpha value is -0.610. The first-order valence-electron chi connectivity index (χ1n) is 5.87. The molecule has 2 N–H and O–H groups in total. The fourth-order valence-electron chi connectivity index (χ4n) is 2.76. The first kappa shape index (κ1) is 12.8. The topological polar surface area (TPSA) is 26.0 Å². The second-order valence-electron chi connectivity index (χ2n) is 4.63. The standard InChI is InChI=1S/C13H17F2NS/c1-17-12-10(14)5-4-9(11(12)15)13(8-16)6-2-3-7-13/h4-5H,2-3,6-8,16H2,1H3. The highest BCUT2D eigenvalue weighted by Crippen LogP contribution is 2.43. The molecule has 0 saturated heterocycles. The Bertz CT molecular complexity index is 414. The van der Waals surface area contributed by atoms with Gasteiger partial charge >= 0.3 is 0 Å². The molecule has 0 amide bonds. The van der Waals surface area contributed by atoms with Gasteiger partial charge in [0, 0.05) is 12.0 Å². The summed E-state index contributed by atoms with van der Waals surface area (Å²) in [5.41, 5.74) is 6.16. The van der Waals surface area contributed by atoms with Gasteiger partial charge in [0.15, 0.2) is 0 Å². The number of benzene rings is 1. The Balaban J connectivity index is 2.51. The highest BCUT2D eigenvalue weighted by Gasteiger charge is 2.37. The molecule has 0 bridgehead atoms. The number of hydrogen-bond donors (Lipinski definition) is 1. The van der Waals surface area contributed by atoms with Crippen molar-refractivity contribution in [2.24, 2.45) is 5.73 Å². The highest BCUT2D eigenvalue weighted by atomic mass is 32.2. The maximum Gasteiger partial charge on any atom is 0.143 e. The molecular formula is C13H17F2NS. The van der Waals surface area contributed by atoms with E-state index < -0.39 is 11.6 Å². The van der Waals surface area contributed by atoms with E-state index in [1.54, 1.807) is 12.3 Å². The fourth-order valence-corrected chi connectivity index (χ4v) is 3.32. The number of halogens is 2. The van der Waals surface area contributed by atoms with Crippen LogP contribution in [-0.2, 0) is 5.41 Å². The summed E-state index contributed by atoms with van der Waals surface area (Å²) in [4.78, 5) is 0.113. The van der Waals surface area contributed by atoms with E-state index in [0.29, 0.717) is 12.1 Å². The number of thioether (sulfide) groups is 1. The van der Waals surface area contributed by atoms with Crippen molar-refractivity contribution in [2.75, 3.05) is 12.8 Å². The summed E-state index contributed by atoms with van der Waals surface area (Å²) in [7, 11) is 0. The van der Waals surface area contributed by atoms with Gasteiger partial charge in [-0.05, 0) is 30.7 Å². The van der Waals surface area contributed by atoms with Crippen LogP contribution in [0.3, 0.4) is 0 Å². The van der Waals surface area contributed by atoms with Crippen LogP contribution in [0.25, 0.3) is 0 Å². The third kappa shape index (κ3) is 2.08. The van der Waals surface area contributed by atoms with Crippen LogP contribution in [-0.4, -0.2) is 12.8 Å². The minimum Gasteiger partial charge on any atom is -0.330 e. The quantitative estimate of drug-likeness (QED) is 0.839. The molecule has 4 heteroatoms. The van der Waals surface area contributed by atoms with Gasteiger partial charge in [0.25, 0.3) is 0 Å². The Labute approximate surface area is 105 Å². The van der Waals surface area contributed by atoms with E-state index >= 15 is 0 Å². The van der Waals surface area contributed by atoms with Crippen LogP contribution in [0, 0.1) is 11.6 Å². The van der Waals surface area contributed by atoms with Gasteiger partial charge in [0.05, 0.1) is 4.90 Å². The first-order valence-corrected chi connectivity index (χ1v) is 7.09. The summed E-state index contributed by atoms with van der Waals surface area (Å²) >= 11 is 1.11. The van der Waals surface area contributed by atoms with Crippen LogP contribution in [0.5, 0.6) is 0 Å². The van der Waals surface area contributed by atoms with Crippen molar-refractivity contribution in [2.45, 2.75) is 36.0 Å². The van der Waals surface area contributed by atoms with E-state index in [-0.39, 0.29) is 10.3 Å². The Morgan fingerprint density at radius 3 is 2.47 bits per heavy atom. The lowest BCUT2D eigenvalue weighted by molar-refractivity contribution is 0.415. The second-order valence-corrected chi connectivity index (χ2v) is 5.45. The molecule has 1 aliphatic rings. The van der Waals surface area contributed by atoms with E-state index in [1.165, 1.54) is 6.07 Å². The van der Waals surface area contributed by atoms with E-state index in [2.05, 4.69) is 0 Å². The van der Waals surface area contributed by atoms with Gasteiger partial charge in [0.2, 0.25) is 0 Å². The smallest absolute Gasteiger partial charge is 0.143 e. The number of rotatable bonds is 3. The predicted molar refractivity (Wildman–Crippen MR) is 67.3 cm³/mol. The predicted octanol–water partition coefficient (Wildman–Crippen LogP) is 3.46. The number of nitrogens with two attached hydrogens (primary N) is 1. The largest absolute Gasteiger partial charge is 0.330 e. The normalized spacial score (nSPS) is 18.6. The van der Waals surface area contributed by atoms with Crippen LogP contribution in [0.4, 0.5) is 8.78 Å². The van der Waals surface area contributed by atoms with Gasteiger partial charge in [-0.1, -0.05) is 18.9 Å². The molecule has 0 heterocycles. The molecule has 0 aromatic heterocycles. The third-order valence-corrected chi connectivity index (χ3v) is 4.56. The molecule has 1 aromatic carbocycles. The van der Waals surface area contributed by atoms with E-state index in [1.807, 2.05) is 0 Å². The zero-order valence-corrected chi connectivity index (χ0v) is 10.7. The molecule has 0 unspecified atom stereocenters. The van der Waals surface area contributed by atoms with Crippen molar-refractivity contribution in [3.05, 3.63) is 29.3 Å². The summed E-state index contributed by atoms with van der Waals surface area (Å²) < 4.78 is 27.8. The molecule has 2 rings (SSSR count). The molecule has 0 aliphatic heterocycles. The van der Waals surface area contributed by atoms with Gasteiger partial charge in [-0.2, -0.15) is 0 Å². The SMILES string of the molecule is CSc1c(F)ccc(C2(CN)CCCC2)c1F. The minimum atomic E-state index is -0.482. The van der Waals surface area contributed by atoms with Crippen molar-refractivity contribution >= 4 is 11.8 Å². The van der Waals surface area contributed by atoms with Gasteiger partial charge in [-0.15, -0.1) is 11.8 Å². The van der Waals surface area contributed by atoms with E-state index in [0.717, 1.165) is 37.4 Å². The van der Waals surface area contributed by atoms with Crippen molar-refractivity contribution < 1.29 is 8.78 Å². The molecule has 0 radical (unpaired) electrons. The van der Waals surface area contributed by atoms with Gasteiger partial charge in [-0.3, -0.25) is 0 Å². The zero-order valence-electron chi connectivity index (χ0n) is 9.93. The van der Waals surface area contributed by atoms with E-state index in [9.17, 15) is 8.78 Å². The van der Waals surface area contributed by atoms with Crippen molar-refractivity contribution in [3.63, 3.8) is 0 Å².